The van der Waals surface area contributed by atoms with Gasteiger partial charge in [0, 0.05) is 11.3 Å². The first-order valence-electron chi connectivity index (χ1n) is 5.28. The van der Waals surface area contributed by atoms with Crippen LogP contribution in [-0.4, -0.2) is 19.5 Å². The molecule has 88 valence electrons. The maximum absolute atomic E-state index is 11.1. The Balaban J connectivity index is 0.000000487. The van der Waals surface area contributed by atoms with Gasteiger partial charge >= 0.3 is 0 Å². The lowest BCUT2D eigenvalue weighted by Crippen LogP contribution is -2.11. The van der Waals surface area contributed by atoms with Crippen LogP contribution in [0.3, 0.4) is 0 Å². The Labute approximate surface area is 97.6 Å². The Morgan fingerprint density at radius 3 is 2.19 bits per heavy atom. The lowest BCUT2D eigenvalue weighted by Gasteiger charge is -2.02. The molecule has 0 heterocycles. The van der Waals surface area contributed by atoms with Gasteiger partial charge < -0.3 is 10.6 Å². The minimum atomic E-state index is -0.138. The molecular weight excluding hydrogens is 200 g/mol. The Hall–Kier alpha value is -1.61. The van der Waals surface area contributed by atoms with E-state index >= 15 is 0 Å². The maximum atomic E-state index is 11.1. The van der Waals surface area contributed by atoms with E-state index in [9.17, 15) is 4.79 Å². The first-order valence-corrected chi connectivity index (χ1v) is 5.28. The third kappa shape index (κ3) is 6.79. The summed E-state index contributed by atoms with van der Waals surface area (Å²) in [5.74, 6) is -0.138. The summed E-state index contributed by atoms with van der Waals surface area (Å²) in [6.07, 6.45) is 0. The summed E-state index contributed by atoms with van der Waals surface area (Å²) in [4.78, 5) is 11.1. The summed E-state index contributed by atoms with van der Waals surface area (Å²) in [6, 6.07) is 9.31. The molecule has 1 rings (SSSR count). The molecule has 0 aromatic heterocycles. The fourth-order valence-corrected chi connectivity index (χ4v) is 0.759. The average molecular weight is 220 g/mol. The van der Waals surface area contributed by atoms with Crippen LogP contribution in [0.15, 0.2) is 42.5 Å². The fraction of sp³-hybridized carbons (Fsp3) is 0.308. The van der Waals surface area contributed by atoms with Crippen molar-refractivity contribution in [1.29, 1.82) is 0 Å². The molecule has 16 heavy (non-hydrogen) atoms. The van der Waals surface area contributed by atoms with E-state index in [0.29, 0.717) is 5.57 Å². The van der Waals surface area contributed by atoms with Crippen LogP contribution < -0.4 is 10.6 Å². The number of hydrogen-bond donors (Lipinski definition) is 2. The summed E-state index contributed by atoms with van der Waals surface area (Å²) in [5.41, 5.74) is 1.31. The van der Waals surface area contributed by atoms with Crippen molar-refractivity contribution >= 4 is 11.6 Å². The van der Waals surface area contributed by atoms with E-state index in [1.807, 2.05) is 37.4 Å². The lowest BCUT2D eigenvalue weighted by atomic mass is 10.3. The van der Waals surface area contributed by atoms with Gasteiger partial charge in [-0.25, -0.2) is 0 Å². The van der Waals surface area contributed by atoms with Gasteiger partial charge in [-0.2, -0.15) is 0 Å². The number of benzene rings is 1. The zero-order valence-electron chi connectivity index (χ0n) is 10.2. The summed E-state index contributed by atoms with van der Waals surface area (Å²) in [5, 5.41) is 5.63. The van der Waals surface area contributed by atoms with Crippen LogP contribution in [0.5, 0.6) is 0 Å². The van der Waals surface area contributed by atoms with E-state index < -0.39 is 0 Å². The molecule has 0 radical (unpaired) electrons. The number of carbonyl (C=O) groups is 1. The second kappa shape index (κ2) is 8.68. The zero-order chi connectivity index (χ0) is 12.4. The fourth-order valence-electron chi connectivity index (χ4n) is 0.759. The van der Waals surface area contributed by atoms with Gasteiger partial charge in [-0.15, -0.1) is 0 Å². The number of anilines is 1. The van der Waals surface area contributed by atoms with Gasteiger partial charge in [0.25, 0.3) is 5.91 Å². The van der Waals surface area contributed by atoms with Gasteiger partial charge in [-0.05, 0) is 32.6 Å². The minimum Gasteiger partial charge on any atom is -0.322 e. The molecule has 1 aromatic carbocycles. The second-order valence-corrected chi connectivity index (χ2v) is 3.31. The van der Waals surface area contributed by atoms with E-state index in [-0.39, 0.29) is 5.91 Å². The highest BCUT2D eigenvalue weighted by atomic mass is 16.1. The molecule has 0 aliphatic heterocycles. The standard InChI is InChI=1S/C10H11NO.C3H9N/c1-8(2)10(12)11-9-6-4-3-5-7-9;1-3-4-2/h3-7H,1H2,2H3,(H,11,12);4H,3H2,1-2H3. The van der Waals surface area contributed by atoms with Crippen molar-refractivity contribution in [3.8, 4) is 0 Å². The van der Waals surface area contributed by atoms with E-state index in [0.717, 1.165) is 12.2 Å². The molecule has 3 nitrogen and oxygen atoms in total. The molecular formula is C13H20N2O. The van der Waals surface area contributed by atoms with Crippen molar-refractivity contribution in [3.05, 3.63) is 42.5 Å². The van der Waals surface area contributed by atoms with Crippen LogP contribution in [0.4, 0.5) is 5.69 Å². The maximum Gasteiger partial charge on any atom is 0.250 e. The number of amides is 1. The molecule has 1 amide bonds. The Morgan fingerprint density at radius 1 is 1.31 bits per heavy atom. The van der Waals surface area contributed by atoms with Crippen LogP contribution in [0.2, 0.25) is 0 Å². The average Bonchev–Trinajstić information content (AvgIpc) is 2.30. The molecule has 2 N–H and O–H groups in total. The monoisotopic (exact) mass is 220 g/mol. The highest BCUT2D eigenvalue weighted by Crippen LogP contribution is 2.05. The van der Waals surface area contributed by atoms with Crippen molar-refractivity contribution in [3.63, 3.8) is 0 Å². The van der Waals surface area contributed by atoms with E-state index in [1.165, 1.54) is 0 Å². The summed E-state index contributed by atoms with van der Waals surface area (Å²) >= 11 is 0. The lowest BCUT2D eigenvalue weighted by molar-refractivity contribution is -0.112. The number of hydrogen-bond acceptors (Lipinski definition) is 2. The molecule has 0 spiro atoms. The second-order valence-electron chi connectivity index (χ2n) is 3.31. The molecule has 0 aliphatic carbocycles. The first kappa shape index (κ1) is 14.4. The minimum absolute atomic E-state index is 0.138. The van der Waals surface area contributed by atoms with Crippen molar-refractivity contribution < 1.29 is 4.79 Å². The molecule has 0 saturated carbocycles. The molecule has 0 unspecified atom stereocenters. The predicted molar refractivity (Wildman–Crippen MR) is 69.5 cm³/mol. The quantitative estimate of drug-likeness (QED) is 0.768. The molecule has 0 saturated heterocycles. The molecule has 0 atom stereocenters. The summed E-state index contributed by atoms with van der Waals surface area (Å²) in [6.45, 7) is 8.36. The predicted octanol–water partition coefficient (Wildman–Crippen LogP) is 2.43. The normalized spacial score (nSPS) is 8.69. The van der Waals surface area contributed by atoms with Crippen LogP contribution in [-0.2, 0) is 4.79 Å². The number of nitrogens with one attached hydrogen (secondary N) is 2. The van der Waals surface area contributed by atoms with Crippen molar-refractivity contribution in [2.75, 3.05) is 18.9 Å². The Morgan fingerprint density at radius 2 is 1.81 bits per heavy atom. The third-order valence-corrected chi connectivity index (χ3v) is 1.77. The van der Waals surface area contributed by atoms with E-state index in [4.69, 9.17) is 0 Å². The molecule has 0 fully saturated rings. The molecule has 1 aromatic rings. The smallest absolute Gasteiger partial charge is 0.250 e. The van der Waals surface area contributed by atoms with Crippen LogP contribution >= 0.6 is 0 Å². The van der Waals surface area contributed by atoms with Gasteiger partial charge in [0.05, 0.1) is 0 Å². The first-order chi connectivity index (χ1) is 7.61. The number of para-hydroxylation sites is 1. The van der Waals surface area contributed by atoms with E-state index in [2.05, 4.69) is 24.1 Å². The summed E-state index contributed by atoms with van der Waals surface area (Å²) in [7, 11) is 1.93. The topological polar surface area (TPSA) is 41.1 Å². The number of rotatable bonds is 3. The highest BCUT2D eigenvalue weighted by Gasteiger charge is 2.00. The zero-order valence-corrected chi connectivity index (χ0v) is 10.2. The van der Waals surface area contributed by atoms with Crippen LogP contribution in [0, 0.1) is 0 Å². The van der Waals surface area contributed by atoms with Gasteiger partial charge in [0.1, 0.15) is 0 Å². The van der Waals surface area contributed by atoms with Crippen molar-refractivity contribution in [2.45, 2.75) is 13.8 Å². The van der Waals surface area contributed by atoms with Gasteiger partial charge in [0.15, 0.2) is 0 Å². The molecule has 3 heteroatoms. The van der Waals surface area contributed by atoms with Crippen molar-refractivity contribution in [1.82, 2.24) is 5.32 Å². The molecule has 0 bridgehead atoms. The van der Waals surface area contributed by atoms with Gasteiger partial charge in [0.2, 0.25) is 0 Å². The third-order valence-electron chi connectivity index (χ3n) is 1.77. The molecule has 0 aliphatic rings. The number of carbonyl (C=O) groups excluding carboxylic acids is 1. The Bertz CT molecular complexity index is 318. The highest BCUT2D eigenvalue weighted by molar-refractivity contribution is 6.02. The van der Waals surface area contributed by atoms with Crippen LogP contribution in [0.25, 0.3) is 0 Å². The van der Waals surface area contributed by atoms with Gasteiger partial charge in [-0.3, -0.25) is 4.79 Å². The van der Waals surface area contributed by atoms with E-state index in [1.54, 1.807) is 6.92 Å². The Kier molecular flexibility index (Phi) is 7.81. The SMILES string of the molecule is C=C(C)C(=O)Nc1ccccc1.CCNC. The largest absolute Gasteiger partial charge is 0.322 e. The van der Waals surface area contributed by atoms with Crippen molar-refractivity contribution in [2.24, 2.45) is 0 Å². The van der Waals surface area contributed by atoms with Gasteiger partial charge in [-0.1, -0.05) is 31.7 Å². The summed E-state index contributed by atoms with van der Waals surface area (Å²) < 4.78 is 0. The van der Waals surface area contributed by atoms with Crippen LogP contribution in [0.1, 0.15) is 13.8 Å².